The number of pyridine rings is 3. The smallest absolute Gasteiger partial charge is 0.434 e. The highest BCUT2D eigenvalue weighted by Gasteiger charge is 2.62. The highest BCUT2D eigenvalue weighted by Crippen LogP contribution is 2.54. The van der Waals surface area contributed by atoms with E-state index < -0.39 is 75.9 Å². The number of nitrogens with one attached hydrogen (secondary N) is 2. The summed E-state index contributed by atoms with van der Waals surface area (Å²) >= 11 is 5.98. The van der Waals surface area contributed by atoms with Crippen molar-refractivity contribution in [3.63, 3.8) is 0 Å². The third-order valence-electron chi connectivity index (χ3n) is 19.8. The van der Waals surface area contributed by atoms with Crippen molar-refractivity contribution in [2.75, 3.05) is 103 Å². The number of benzene rings is 7. The number of likely N-dealkylation sites (N-methyl/N-ethyl adjacent to an activating group) is 1. The molecule has 20 nitrogen and oxygen atoms in total. The van der Waals surface area contributed by atoms with Crippen LogP contribution < -0.4 is 39.8 Å². The summed E-state index contributed by atoms with van der Waals surface area (Å²) < 4.78 is 194. The number of fused-ring (bicyclic) bond motifs is 5. The van der Waals surface area contributed by atoms with Crippen molar-refractivity contribution in [3.8, 4) is 64.3 Å². The molecule has 0 saturated carbocycles. The third-order valence-corrected chi connectivity index (χ3v) is 20.1. The molecule has 0 amide bonds. The summed E-state index contributed by atoms with van der Waals surface area (Å²) in [6.07, 6.45) is -16.8. The Morgan fingerprint density at radius 2 is 1.13 bits per heavy atom. The van der Waals surface area contributed by atoms with Crippen LogP contribution in [-0.2, 0) is 41.5 Å². The van der Waals surface area contributed by atoms with E-state index in [1.165, 1.54) is 62.5 Å². The fourth-order valence-corrected chi connectivity index (χ4v) is 14.3. The number of aromatic amines is 1. The number of allylic oxidation sites excluding steroid dienone is 1. The van der Waals surface area contributed by atoms with E-state index in [1.807, 2.05) is 61.3 Å². The van der Waals surface area contributed by atoms with Crippen LogP contribution in [0.4, 0.5) is 69.7 Å². The second kappa shape index (κ2) is 34.6. The number of aryl methyl sites for hydroxylation is 2. The monoisotopic (exact) mass is 1630 g/mol. The van der Waals surface area contributed by atoms with Gasteiger partial charge in [-0.05, 0) is 135 Å². The molecule has 15 rings (SSSR count). The number of methoxy groups -OCH3 is 3. The summed E-state index contributed by atoms with van der Waals surface area (Å²) in [7, 11) is 6.43. The Kier molecular flexibility index (Phi) is 24.7. The summed E-state index contributed by atoms with van der Waals surface area (Å²) in [5.74, 6) is 2.13. The molecule has 602 valence electrons. The highest BCUT2D eigenvalue weighted by molar-refractivity contribution is 6.31. The highest BCUT2D eigenvalue weighted by atomic mass is 35.5. The number of aromatic nitrogens is 6. The first-order valence-electron chi connectivity index (χ1n) is 36.0. The number of alkyl halides is 12. The molecule has 12 aromatic rings. The number of piperazine rings is 1. The van der Waals surface area contributed by atoms with Gasteiger partial charge in [-0.1, -0.05) is 77.8 Å². The maximum absolute atomic E-state index is 15.0. The number of rotatable bonds is 14. The van der Waals surface area contributed by atoms with E-state index in [9.17, 15) is 73.7 Å². The van der Waals surface area contributed by atoms with Crippen LogP contribution in [0.15, 0.2) is 169 Å². The molecule has 117 heavy (non-hydrogen) atoms. The summed E-state index contributed by atoms with van der Waals surface area (Å²) in [6, 6.07) is 51.1. The van der Waals surface area contributed by atoms with Crippen molar-refractivity contribution in [1.82, 2.24) is 34.6 Å². The summed E-state index contributed by atoms with van der Waals surface area (Å²) in [5, 5.41) is 48.0. The minimum atomic E-state index is -4.81. The molecule has 0 radical (unpaired) electrons. The van der Waals surface area contributed by atoms with Gasteiger partial charge in [0, 0.05) is 102 Å². The van der Waals surface area contributed by atoms with Gasteiger partial charge in [0.2, 0.25) is 0 Å². The van der Waals surface area contributed by atoms with Gasteiger partial charge in [0.05, 0.1) is 85.5 Å². The number of para-hydroxylation sites is 2. The molecule has 4 N–H and O–H groups in total. The molecule has 1 atom stereocenters. The molecule has 1 unspecified atom stereocenters. The normalized spacial score (nSPS) is 15.1. The molecule has 2 saturated heterocycles. The van der Waals surface area contributed by atoms with Crippen LogP contribution in [0.25, 0.3) is 60.7 Å². The maximum Gasteiger partial charge on any atom is 0.434 e. The van der Waals surface area contributed by atoms with Gasteiger partial charge >= 0.3 is 24.7 Å². The first-order chi connectivity index (χ1) is 55.9. The molecular formula is C84H70ClF12N15O5. The third kappa shape index (κ3) is 17.6. The van der Waals surface area contributed by atoms with Crippen LogP contribution in [0.1, 0.15) is 62.6 Å². The van der Waals surface area contributed by atoms with Gasteiger partial charge in [0.25, 0.3) is 0 Å². The van der Waals surface area contributed by atoms with Crippen LogP contribution in [0.5, 0.6) is 28.7 Å². The summed E-state index contributed by atoms with van der Waals surface area (Å²) in [6.45, 7) is 6.47. The molecule has 3 aliphatic heterocycles. The Morgan fingerprint density at radius 1 is 0.573 bits per heavy atom. The fourth-order valence-electron chi connectivity index (χ4n) is 14.1. The van der Waals surface area contributed by atoms with Crippen LogP contribution in [0, 0.1) is 52.2 Å². The first kappa shape index (κ1) is 83.4. The minimum absolute atomic E-state index is 0.0554. The topological polar surface area (TPSA) is 261 Å². The Hall–Kier alpha value is -13.0. The molecule has 2 fully saturated rings. The van der Waals surface area contributed by atoms with Gasteiger partial charge in [-0.2, -0.15) is 78.8 Å². The van der Waals surface area contributed by atoms with Crippen LogP contribution in [0.2, 0.25) is 5.02 Å². The number of nitrogens with two attached hydrogens (primary N) is 1. The lowest BCUT2D eigenvalue weighted by Crippen LogP contribution is -2.49. The number of morpholine rings is 1. The van der Waals surface area contributed by atoms with E-state index in [1.54, 1.807) is 114 Å². The van der Waals surface area contributed by atoms with Gasteiger partial charge in [-0.15, -0.1) is 0 Å². The van der Waals surface area contributed by atoms with Crippen molar-refractivity contribution >= 4 is 78.1 Å². The van der Waals surface area contributed by atoms with Gasteiger partial charge in [-0.25, -0.2) is 19.6 Å². The Balaban J connectivity index is 0.000000146. The number of nitriles is 4. The molecule has 3 aliphatic rings. The lowest BCUT2D eigenvalue weighted by Gasteiger charge is -2.38. The van der Waals surface area contributed by atoms with Crippen molar-refractivity contribution in [1.29, 1.82) is 21.0 Å². The number of halogens is 13. The second-order valence-corrected chi connectivity index (χ2v) is 27.6. The number of hydrogen-bond donors (Lipinski definition) is 3. The molecule has 5 aromatic heterocycles. The van der Waals surface area contributed by atoms with Gasteiger partial charge in [-0.3, -0.25) is 0 Å². The van der Waals surface area contributed by atoms with Crippen molar-refractivity contribution in [2.24, 2.45) is 5.73 Å². The Labute approximate surface area is 666 Å². The zero-order valence-electron chi connectivity index (χ0n) is 63.0. The molecule has 0 aliphatic carbocycles. The van der Waals surface area contributed by atoms with E-state index in [0.29, 0.717) is 138 Å². The number of nitrogens with zero attached hydrogens (tertiary/aromatic N) is 12. The van der Waals surface area contributed by atoms with Crippen molar-refractivity contribution in [2.45, 2.75) is 56.3 Å². The number of H-pyrrole nitrogens is 1. The van der Waals surface area contributed by atoms with E-state index in [4.69, 9.17) is 41.0 Å². The lowest BCUT2D eigenvalue weighted by molar-refractivity contribution is -0.178. The molecule has 33 heteroatoms. The largest absolute Gasteiger partial charge is 0.497 e. The maximum atomic E-state index is 15.0. The van der Waals surface area contributed by atoms with E-state index in [2.05, 4.69) is 35.3 Å². The van der Waals surface area contributed by atoms with E-state index >= 15 is 0 Å². The van der Waals surface area contributed by atoms with Crippen molar-refractivity contribution in [3.05, 3.63) is 231 Å². The molecule has 8 heterocycles. The number of ether oxygens (including phenoxy) is 5. The molecular weight excluding hydrogens is 1560 g/mol. The molecule has 0 bridgehead atoms. The van der Waals surface area contributed by atoms with E-state index in [0.717, 1.165) is 17.5 Å². The van der Waals surface area contributed by atoms with E-state index in [-0.39, 0.29) is 50.7 Å². The lowest BCUT2D eigenvalue weighted by atomic mass is 9.69. The fraction of sp³-hybridized carbons (Fsp3) is 0.262. The predicted octanol–water partition coefficient (Wildman–Crippen LogP) is 18.5. The molecule has 0 spiro atoms. The SMILES string of the molecule is COc1ccc(-c2cc3n(n2)C(N)=C(C#N)C(c2c[nH]c4ccccc24)(C(F)(F)F)C3)cc1OC.COc1ccc2nc(C(F)(F)F)c(C#N)c(N3CCN(C)CC3)c2c1.Cc1ccc(CCCNc2c(C#N)c(C(F)(F)F)nc3ccc(Oc4ccccc4)cc23)cc1.N#Cc1c(C(F)(F)F)nc2ccc(Cl)cc2c1N1CCOCC1. The zero-order chi connectivity index (χ0) is 83.9. The molecule has 7 aromatic carbocycles. The van der Waals surface area contributed by atoms with Gasteiger partial charge < -0.3 is 54.4 Å². The van der Waals surface area contributed by atoms with Crippen LogP contribution >= 0.6 is 11.6 Å². The average molecular weight is 1630 g/mol. The summed E-state index contributed by atoms with van der Waals surface area (Å²) in [4.78, 5) is 19.7. The zero-order valence-corrected chi connectivity index (χ0v) is 63.7. The quantitative estimate of drug-likeness (QED) is 0.0675. The minimum Gasteiger partial charge on any atom is -0.497 e. The predicted molar refractivity (Wildman–Crippen MR) is 417 cm³/mol. The van der Waals surface area contributed by atoms with Gasteiger partial charge in [0.1, 0.15) is 63.4 Å². The number of anilines is 3. The van der Waals surface area contributed by atoms with Gasteiger partial charge in [0.15, 0.2) is 28.6 Å². The first-order valence-corrected chi connectivity index (χ1v) is 36.4. The average Bonchev–Trinajstić information content (AvgIpc) is 1.65. The van der Waals surface area contributed by atoms with Crippen molar-refractivity contribution < 1.29 is 76.4 Å². The standard InChI is InChI=1S/C27H22F3N3O.C25H20F3N5O2.C17H17F3N4O.C15H11ClF3N3O/c1-18-9-11-19(12-10-18)6-5-15-32-25-22-16-21(34-20-7-3-2-4-8-20)13-14-24(22)33-26(23(25)17-31)27(28,29)30;1-34-21-8-7-14(9-22(21)35-2)20-10-15-11-24(25(26,27)28,17(12-29)23(30)33(15)32-20)18-13-31-19-6-4-3-5-16(18)19;1-23-5-7-24(8-6-23)15-12-9-11(25-2)3-4-14(12)22-16(13(15)10-21)17(18,19)20;16-9-1-2-12-10(7-9)13(22-3-5-23-6-4-22)11(8-20)14(21-12)15(17,18)19/h2-4,7-14,16H,5-6,15H2,1H3,(H,32,33);3-10,13,31H,11,30H2,1-2H3;3-4,9H,5-8H2,1-2H3;1-2,7H,3-6H2. The summed E-state index contributed by atoms with van der Waals surface area (Å²) in [5.41, 5.74) is 3.15. The van der Waals surface area contributed by atoms with Crippen LogP contribution in [0.3, 0.4) is 0 Å². The number of hydrogen-bond acceptors (Lipinski definition) is 18. The van der Waals surface area contributed by atoms with Crippen LogP contribution in [-0.4, -0.2) is 128 Å². The second-order valence-electron chi connectivity index (χ2n) is 27.2. The Morgan fingerprint density at radius 3 is 1.71 bits per heavy atom. The Bertz CT molecular complexity index is 5890.